The van der Waals surface area contributed by atoms with Crippen LogP contribution in [0.2, 0.25) is 5.02 Å². The number of benzene rings is 2. The normalized spacial score (nSPS) is 12.4. The summed E-state index contributed by atoms with van der Waals surface area (Å²) in [5.41, 5.74) is 10.6. The van der Waals surface area contributed by atoms with Crippen LogP contribution in [0.25, 0.3) is 11.1 Å². The van der Waals surface area contributed by atoms with Crippen LogP contribution < -0.4 is 5.73 Å². The summed E-state index contributed by atoms with van der Waals surface area (Å²) in [5, 5.41) is 0.741. The fourth-order valence-electron chi connectivity index (χ4n) is 2.23. The van der Waals surface area contributed by atoms with Gasteiger partial charge in [0.15, 0.2) is 0 Å². The predicted molar refractivity (Wildman–Crippen MR) is 83.5 cm³/mol. The lowest BCUT2D eigenvalue weighted by molar-refractivity contribution is 0.819. The quantitative estimate of drug-likeness (QED) is 0.835. The summed E-state index contributed by atoms with van der Waals surface area (Å²) < 4.78 is 0. The Bertz CT molecular complexity index is 544. The molecule has 0 fully saturated rings. The molecule has 0 saturated carbocycles. The minimum Gasteiger partial charge on any atom is -0.324 e. The van der Waals surface area contributed by atoms with Gasteiger partial charge in [-0.25, -0.2) is 0 Å². The maximum atomic E-state index is 6.28. The Morgan fingerprint density at radius 3 is 2.21 bits per heavy atom. The molecule has 0 heterocycles. The predicted octanol–water partition coefficient (Wildman–Crippen LogP) is 4.98. The molecule has 19 heavy (non-hydrogen) atoms. The van der Waals surface area contributed by atoms with E-state index in [1.165, 1.54) is 17.5 Å². The first-order chi connectivity index (χ1) is 9.11. The van der Waals surface area contributed by atoms with Crippen molar-refractivity contribution >= 4 is 11.6 Å². The molecule has 0 radical (unpaired) electrons. The van der Waals surface area contributed by atoms with Gasteiger partial charge in [-0.15, -0.1) is 0 Å². The molecule has 2 aromatic carbocycles. The molecule has 2 aromatic rings. The Morgan fingerprint density at radius 2 is 1.68 bits per heavy atom. The molecule has 0 bridgehead atoms. The van der Waals surface area contributed by atoms with Crippen molar-refractivity contribution in [3.05, 3.63) is 58.6 Å². The summed E-state index contributed by atoms with van der Waals surface area (Å²) in [6.07, 6.45) is 2.30. The molecule has 0 spiro atoms. The van der Waals surface area contributed by atoms with Gasteiger partial charge in [0.05, 0.1) is 0 Å². The number of nitrogens with two attached hydrogens (primary N) is 1. The number of halogens is 1. The first kappa shape index (κ1) is 14.1. The second-order valence-electron chi connectivity index (χ2n) is 4.97. The van der Waals surface area contributed by atoms with Gasteiger partial charge in [-0.05, 0) is 41.7 Å². The molecule has 0 aliphatic heterocycles. The maximum Gasteiger partial charge on any atom is 0.0459 e. The Balaban J connectivity index is 2.29. The van der Waals surface area contributed by atoms with E-state index in [-0.39, 0.29) is 6.04 Å². The first-order valence-electron chi connectivity index (χ1n) is 6.76. The molecule has 1 nitrogen and oxygen atoms in total. The number of rotatable bonds is 4. The van der Waals surface area contributed by atoms with Crippen molar-refractivity contribution in [3.63, 3.8) is 0 Å². The van der Waals surface area contributed by atoms with Crippen LogP contribution in [0.15, 0.2) is 42.5 Å². The van der Waals surface area contributed by atoms with Crippen molar-refractivity contribution in [2.75, 3.05) is 0 Å². The van der Waals surface area contributed by atoms with Gasteiger partial charge in [0.1, 0.15) is 0 Å². The summed E-state index contributed by atoms with van der Waals surface area (Å²) in [6.45, 7) is 4.14. The monoisotopic (exact) mass is 273 g/mol. The summed E-state index contributed by atoms with van der Waals surface area (Å²) in [7, 11) is 0. The van der Waals surface area contributed by atoms with Gasteiger partial charge >= 0.3 is 0 Å². The molecule has 1 atom stereocenters. The molecule has 2 heteroatoms. The second kappa shape index (κ2) is 6.23. The molecular formula is C17H20ClN. The number of hydrogen-bond acceptors (Lipinski definition) is 1. The van der Waals surface area contributed by atoms with Crippen molar-refractivity contribution in [1.82, 2.24) is 0 Å². The smallest absolute Gasteiger partial charge is 0.0459 e. The molecule has 0 saturated heterocycles. The van der Waals surface area contributed by atoms with Gasteiger partial charge in [-0.2, -0.15) is 0 Å². The van der Waals surface area contributed by atoms with Crippen LogP contribution >= 0.6 is 11.6 Å². The van der Waals surface area contributed by atoms with Crippen molar-refractivity contribution in [2.45, 2.75) is 32.7 Å². The third-order valence-electron chi connectivity index (χ3n) is 3.32. The van der Waals surface area contributed by atoms with E-state index in [1.54, 1.807) is 0 Å². The van der Waals surface area contributed by atoms with E-state index in [4.69, 9.17) is 17.3 Å². The summed E-state index contributed by atoms with van der Waals surface area (Å²) >= 11 is 6.28. The lowest BCUT2D eigenvalue weighted by atomic mass is 10.00. The molecule has 2 rings (SSSR count). The standard InChI is InChI=1S/C17H20ClN/c1-3-4-13-5-7-14(8-6-13)15-9-10-16(12(2)19)17(18)11-15/h5-12H,3-4,19H2,1-2H3. The lowest BCUT2D eigenvalue weighted by Crippen LogP contribution is -2.05. The zero-order chi connectivity index (χ0) is 13.8. The summed E-state index contributed by atoms with van der Waals surface area (Å²) in [4.78, 5) is 0. The van der Waals surface area contributed by atoms with E-state index < -0.39 is 0 Å². The van der Waals surface area contributed by atoms with Crippen LogP contribution in [0.4, 0.5) is 0 Å². The van der Waals surface area contributed by atoms with E-state index in [2.05, 4.69) is 37.3 Å². The molecule has 1 unspecified atom stereocenters. The maximum absolute atomic E-state index is 6.28. The van der Waals surface area contributed by atoms with Crippen molar-refractivity contribution < 1.29 is 0 Å². The largest absolute Gasteiger partial charge is 0.324 e. The fraction of sp³-hybridized carbons (Fsp3) is 0.294. The van der Waals surface area contributed by atoms with Crippen molar-refractivity contribution in [3.8, 4) is 11.1 Å². The minimum absolute atomic E-state index is 0.0338. The Kier molecular flexibility index (Phi) is 4.62. The third kappa shape index (κ3) is 3.37. The lowest BCUT2D eigenvalue weighted by Gasteiger charge is -2.10. The average Bonchev–Trinajstić information content (AvgIpc) is 2.39. The molecule has 0 aliphatic carbocycles. The third-order valence-corrected chi connectivity index (χ3v) is 3.64. The highest BCUT2D eigenvalue weighted by Crippen LogP contribution is 2.28. The highest BCUT2D eigenvalue weighted by molar-refractivity contribution is 6.31. The van der Waals surface area contributed by atoms with Gasteiger partial charge in [-0.3, -0.25) is 0 Å². The van der Waals surface area contributed by atoms with Crippen LogP contribution in [0.5, 0.6) is 0 Å². The van der Waals surface area contributed by atoms with Crippen LogP contribution in [0, 0.1) is 0 Å². The van der Waals surface area contributed by atoms with Crippen LogP contribution in [-0.4, -0.2) is 0 Å². The topological polar surface area (TPSA) is 26.0 Å². The molecular weight excluding hydrogens is 254 g/mol. The van der Waals surface area contributed by atoms with E-state index in [0.29, 0.717) is 0 Å². The SMILES string of the molecule is CCCc1ccc(-c2ccc(C(C)N)c(Cl)c2)cc1. The first-order valence-corrected chi connectivity index (χ1v) is 7.14. The van der Waals surface area contributed by atoms with Gasteiger partial charge < -0.3 is 5.73 Å². The van der Waals surface area contributed by atoms with Gasteiger partial charge in [-0.1, -0.05) is 61.3 Å². The Morgan fingerprint density at radius 1 is 1.05 bits per heavy atom. The molecule has 0 amide bonds. The van der Waals surface area contributed by atoms with Crippen LogP contribution in [-0.2, 0) is 6.42 Å². The molecule has 100 valence electrons. The van der Waals surface area contributed by atoms with Gasteiger partial charge in [0.25, 0.3) is 0 Å². The highest BCUT2D eigenvalue weighted by atomic mass is 35.5. The average molecular weight is 274 g/mol. The fourth-order valence-corrected chi connectivity index (χ4v) is 2.58. The molecule has 0 aromatic heterocycles. The van der Waals surface area contributed by atoms with E-state index in [0.717, 1.165) is 22.6 Å². The van der Waals surface area contributed by atoms with Gasteiger partial charge in [0.2, 0.25) is 0 Å². The zero-order valence-electron chi connectivity index (χ0n) is 11.5. The Labute approximate surface area is 120 Å². The van der Waals surface area contributed by atoms with E-state index in [9.17, 15) is 0 Å². The zero-order valence-corrected chi connectivity index (χ0v) is 12.2. The summed E-state index contributed by atoms with van der Waals surface area (Å²) in [5.74, 6) is 0. The molecule has 0 aliphatic rings. The van der Waals surface area contributed by atoms with Crippen LogP contribution in [0.3, 0.4) is 0 Å². The highest BCUT2D eigenvalue weighted by Gasteiger charge is 2.07. The van der Waals surface area contributed by atoms with Crippen molar-refractivity contribution in [2.24, 2.45) is 5.73 Å². The van der Waals surface area contributed by atoms with Crippen molar-refractivity contribution in [1.29, 1.82) is 0 Å². The molecule has 2 N–H and O–H groups in total. The van der Waals surface area contributed by atoms with E-state index >= 15 is 0 Å². The second-order valence-corrected chi connectivity index (χ2v) is 5.38. The van der Waals surface area contributed by atoms with Gasteiger partial charge in [0, 0.05) is 11.1 Å². The van der Waals surface area contributed by atoms with E-state index in [1.807, 2.05) is 19.1 Å². The number of aryl methyl sites for hydroxylation is 1. The minimum atomic E-state index is -0.0338. The summed E-state index contributed by atoms with van der Waals surface area (Å²) in [6, 6.07) is 14.7. The Hall–Kier alpha value is -1.31. The van der Waals surface area contributed by atoms with Crippen LogP contribution in [0.1, 0.15) is 37.4 Å². The number of hydrogen-bond donors (Lipinski definition) is 1.